The summed E-state index contributed by atoms with van der Waals surface area (Å²) in [6.45, 7) is 5.42. The summed E-state index contributed by atoms with van der Waals surface area (Å²) in [5.41, 5.74) is 3.92. The Bertz CT molecular complexity index is 1210. The second-order valence-corrected chi connectivity index (χ2v) is 9.11. The summed E-state index contributed by atoms with van der Waals surface area (Å²) in [6.07, 6.45) is 1.73. The molecule has 0 bridgehead atoms. The van der Waals surface area contributed by atoms with E-state index in [0.29, 0.717) is 18.8 Å². The van der Waals surface area contributed by atoms with Crippen LogP contribution in [0.3, 0.4) is 0 Å². The highest BCUT2D eigenvalue weighted by molar-refractivity contribution is 7.99. The molecule has 0 atom stereocenters. The number of hydrogen-bond donors (Lipinski definition) is 0. The molecule has 1 amide bonds. The molecule has 5 rings (SSSR count). The lowest BCUT2D eigenvalue weighted by molar-refractivity contribution is -0.129. The van der Waals surface area contributed by atoms with Gasteiger partial charge in [0.15, 0.2) is 16.6 Å². The molecule has 1 aliphatic rings. The summed E-state index contributed by atoms with van der Waals surface area (Å²) in [6, 6.07) is 16.1. The van der Waals surface area contributed by atoms with E-state index in [4.69, 9.17) is 4.42 Å². The van der Waals surface area contributed by atoms with Crippen LogP contribution in [0, 0.1) is 13.8 Å². The number of amides is 1. The molecule has 0 saturated carbocycles. The molecule has 0 spiro atoms. The van der Waals surface area contributed by atoms with Crippen molar-refractivity contribution in [3.63, 3.8) is 0 Å². The first kappa shape index (κ1) is 20.8. The summed E-state index contributed by atoms with van der Waals surface area (Å²) in [5.74, 6) is 2.32. The fourth-order valence-electron chi connectivity index (χ4n) is 4.09. The van der Waals surface area contributed by atoms with Gasteiger partial charge in [-0.15, -0.1) is 10.2 Å². The minimum Gasteiger partial charge on any atom is -0.440 e. The number of benzene rings is 2. The summed E-state index contributed by atoms with van der Waals surface area (Å²) in [5, 5.41) is 9.24. The Labute approximate surface area is 190 Å². The molecule has 0 unspecified atom stereocenters. The molecule has 0 N–H and O–H groups in total. The highest BCUT2D eigenvalue weighted by Crippen LogP contribution is 2.30. The van der Waals surface area contributed by atoms with Crippen molar-refractivity contribution in [2.45, 2.75) is 37.8 Å². The first-order valence-electron chi connectivity index (χ1n) is 10.8. The topological polar surface area (TPSA) is 77.1 Å². The van der Waals surface area contributed by atoms with Gasteiger partial charge in [-0.25, -0.2) is 4.98 Å². The van der Waals surface area contributed by atoms with Crippen LogP contribution < -0.4 is 0 Å². The number of rotatable bonds is 5. The Morgan fingerprint density at radius 1 is 1.06 bits per heavy atom. The highest BCUT2D eigenvalue weighted by Gasteiger charge is 2.27. The molecule has 0 radical (unpaired) electrons. The minimum absolute atomic E-state index is 0.127. The van der Waals surface area contributed by atoms with Crippen molar-refractivity contribution in [3.05, 3.63) is 65.8 Å². The van der Waals surface area contributed by atoms with Crippen molar-refractivity contribution in [2.75, 3.05) is 18.8 Å². The average molecular weight is 448 g/mol. The van der Waals surface area contributed by atoms with E-state index in [9.17, 15) is 4.79 Å². The van der Waals surface area contributed by atoms with Crippen LogP contribution in [0.2, 0.25) is 0 Å². The third-order valence-corrected chi connectivity index (χ3v) is 6.83. The second kappa shape index (κ2) is 8.78. The molecule has 7 nitrogen and oxygen atoms in total. The van der Waals surface area contributed by atoms with Crippen molar-refractivity contribution < 1.29 is 9.21 Å². The smallest absolute Gasteiger partial charge is 0.233 e. The first-order chi connectivity index (χ1) is 15.6. The van der Waals surface area contributed by atoms with Gasteiger partial charge < -0.3 is 9.32 Å². The first-order valence-corrected chi connectivity index (χ1v) is 11.8. The predicted molar refractivity (Wildman–Crippen MR) is 124 cm³/mol. The lowest BCUT2D eigenvalue weighted by Crippen LogP contribution is -2.39. The van der Waals surface area contributed by atoms with Crippen molar-refractivity contribution in [3.8, 4) is 5.69 Å². The lowest BCUT2D eigenvalue weighted by Gasteiger charge is -2.30. The number of oxazole rings is 1. The largest absolute Gasteiger partial charge is 0.440 e. The lowest BCUT2D eigenvalue weighted by atomic mass is 9.97. The molecule has 2 aromatic carbocycles. The maximum absolute atomic E-state index is 12.9. The predicted octanol–water partition coefficient (Wildman–Crippen LogP) is 4.52. The van der Waals surface area contributed by atoms with Gasteiger partial charge in [-0.05, 0) is 51.0 Å². The van der Waals surface area contributed by atoms with Crippen LogP contribution in [0.5, 0.6) is 0 Å². The van der Waals surface area contributed by atoms with Crippen molar-refractivity contribution >= 4 is 28.8 Å². The van der Waals surface area contributed by atoms with Gasteiger partial charge in [0.2, 0.25) is 5.91 Å². The summed E-state index contributed by atoms with van der Waals surface area (Å²) in [7, 11) is 0. The molecule has 1 aliphatic heterocycles. The molecule has 8 heteroatoms. The van der Waals surface area contributed by atoms with E-state index in [1.165, 1.54) is 17.3 Å². The molecule has 0 aliphatic carbocycles. The van der Waals surface area contributed by atoms with Crippen molar-refractivity contribution in [2.24, 2.45) is 0 Å². The van der Waals surface area contributed by atoms with E-state index < -0.39 is 0 Å². The molecule has 1 fully saturated rings. The Morgan fingerprint density at radius 2 is 1.81 bits per heavy atom. The van der Waals surface area contributed by atoms with E-state index in [0.717, 1.165) is 46.5 Å². The molecule has 164 valence electrons. The van der Waals surface area contributed by atoms with Crippen LogP contribution in [-0.2, 0) is 4.79 Å². The Hall–Kier alpha value is -3.13. The number of likely N-dealkylation sites (tertiary alicyclic amines) is 1. The third kappa shape index (κ3) is 4.14. The van der Waals surface area contributed by atoms with Crippen LogP contribution in [0.1, 0.15) is 36.0 Å². The Balaban J connectivity index is 1.19. The second-order valence-electron chi connectivity index (χ2n) is 8.16. The number of aryl methyl sites for hydroxylation is 2. The zero-order valence-electron chi connectivity index (χ0n) is 18.2. The van der Waals surface area contributed by atoms with Gasteiger partial charge >= 0.3 is 0 Å². The van der Waals surface area contributed by atoms with Gasteiger partial charge in [-0.1, -0.05) is 41.6 Å². The Kier molecular flexibility index (Phi) is 5.70. The molecule has 32 heavy (non-hydrogen) atoms. The normalized spacial score (nSPS) is 14.9. The SMILES string of the molecule is Cc1ccc(-n2c(C)nnc2SCC(=O)N2CCC(c3nc4ccccc4o3)CC2)cc1. The van der Waals surface area contributed by atoms with Crippen molar-refractivity contribution in [1.82, 2.24) is 24.6 Å². The van der Waals surface area contributed by atoms with Crippen LogP contribution in [-0.4, -0.2) is 49.4 Å². The number of nitrogens with zero attached hydrogens (tertiary/aromatic N) is 5. The fraction of sp³-hybridized carbons (Fsp3) is 0.333. The zero-order chi connectivity index (χ0) is 22.1. The van der Waals surface area contributed by atoms with E-state index in [2.05, 4.69) is 46.4 Å². The molecule has 2 aromatic heterocycles. The highest BCUT2D eigenvalue weighted by atomic mass is 32.2. The average Bonchev–Trinajstić information content (AvgIpc) is 3.41. The molecule has 4 aromatic rings. The van der Waals surface area contributed by atoms with E-state index in [-0.39, 0.29) is 11.8 Å². The van der Waals surface area contributed by atoms with E-state index in [1.54, 1.807) is 0 Å². The number of para-hydroxylation sites is 2. The van der Waals surface area contributed by atoms with Crippen LogP contribution in [0.15, 0.2) is 58.1 Å². The standard InChI is InChI=1S/C24H25N5O2S/c1-16-7-9-19(10-8-16)29-17(2)26-27-24(29)32-15-22(30)28-13-11-18(12-14-28)23-25-20-5-3-4-6-21(20)31-23/h3-10,18H,11-15H2,1-2H3. The van der Waals surface area contributed by atoms with Gasteiger partial charge in [0, 0.05) is 24.7 Å². The van der Waals surface area contributed by atoms with Crippen molar-refractivity contribution in [1.29, 1.82) is 0 Å². The number of piperidine rings is 1. The number of carbonyl (C=O) groups excluding carboxylic acids is 1. The molecular weight excluding hydrogens is 422 g/mol. The number of thioether (sulfide) groups is 1. The quantitative estimate of drug-likeness (QED) is 0.419. The zero-order valence-corrected chi connectivity index (χ0v) is 19.0. The maximum Gasteiger partial charge on any atom is 0.233 e. The molecule has 3 heterocycles. The minimum atomic E-state index is 0.127. The van der Waals surface area contributed by atoms with Crippen LogP contribution >= 0.6 is 11.8 Å². The van der Waals surface area contributed by atoms with E-state index >= 15 is 0 Å². The van der Waals surface area contributed by atoms with Gasteiger partial charge in [-0.3, -0.25) is 9.36 Å². The number of aromatic nitrogens is 4. The van der Waals surface area contributed by atoms with E-state index in [1.807, 2.05) is 40.7 Å². The number of carbonyl (C=O) groups is 1. The van der Waals surface area contributed by atoms with Gasteiger partial charge in [0.05, 0.1) is 5.75 Å². The summed E-state index contributed by atoms with van der Waals surface area (Å²) >= 11 is 1.44. The molecule has 1 saturated heterocycles. The monoisotopic (exact) mass is 447 g/mol. The third-order valence-electron chi connectivity index (χ3n) is 5.92. The Morgan fingerprint density at radius 3 is 2.56 bits per heavy atom. The van der Waals surface area contributed by atoms with Gasteiger partial charge in [0.25, 0.3) is 0 Å². The summed E-state index contributed by atoms with van der Waals surface area (Å²) in [4.78, 5) is 19.4. The summed E-state index contributed by atoms with van der Waals surface area (Å²) < 4.78 is 7.93. The van der Waals surface area contributed by atoms with Gasteiger partial charge in [0.1, 0.15) is 11.3 Å². The fourth-order valence-corrected chi connectivity index (χ4v) is 4.99. The molecular formula is C24H25N5O2S. The van der Waals surface area contributed by atoms with Crippen LogP contribution in [0.4, 0.5) is 0 Å². The van der Waals surface area contributed by atoms with Crippen LogP contribution in [0.25, 0.3) is 16.8 Å². The maximum atomic E-state index is 12.9. The van der Waals surface area contributed by atoms with Gasteiger partial charge in [-0.2, -0.15) is 0 Å². The number of hydrogen-bond acceptors (Lipinski definition) is 6. The number of fused-ring (bicyclic) bond motifs is 1.